The van der Waals surface area contributed by atoms with Crippen molar-refractivity contribution < 1.29 is 9.90 Å². The second-order valence-corrected chi connectivity index (χ2v) is 5.01. The van der Waals surface area contributed by atoms with E-state index in [1.807, 2.05) is 0 Å². The monoisotopic (exact) mass is 271 g/mol. The number of nitrogens with zero attached hydrogens (tertiary/aromatic N) is 2. The Labute approximate surface area is 107 Å². The van der Waals surface area contributed by atoms with Gasteiger partial charge in [0.1, 0.15) is 0 Å². The third kappa shape index (κ3) is 1.36. The molecule has 2 N–H and O–H groups in total. The Kier molecular flexibility index (Phi) is 2.13. The number of hydrogen-bond acceptors (Lipinski definition) is 4. The average Bonchev–Trinajstić information content (AvgIpc) is 2.55. The van der Waals surface area contributed by atoms with E-state index in [0.29, 0.717) is 11.3 Å². The summed E-state index contributed by atoms with van der Waals surface area (Å²) in [4.78, 5) is 16.7. The maximum absolute atomic E-state index is 11.4. The first-order chi connectivity index (χ1) is 8.01. The van der Waals surface area contributed by atoms with Crippen LogP contribution in [0.25, 0.3) is 0 Å². The highest BCUT2D eigenvalue weighted by Crippen LogP contribution is 2.47. The van der Waals surface area contributed by atoms with Gasteiger partial charge in [0.05, 0.1) is 5.69 Å². The lowest BCUT2D eigenvalue weighted by molar-refractivity contribution is -0.131. The molecule has 1 atom stereocenters. The first-order valence-corrected chi connectivity index (χ1v) is 5.61. The number of halogens is 2. The zero-order chi connectivity index (χ0) is 12.2. The Balaban J connectivity index is 2.22. The first kappa shape index (κ1) is 10.8. The van der Waals surface area contributed by atoms with Gasteiger partial charge in [0.15, 0.2) is 0 Å². The number of carbonyl (C=O) groups excluding carboxylic acids is 1. The first-order valence-electron chi connectivity index (χ1n) is 4.86. The SMILES string of the molecule is O=C1NC2=Nc3ccccc3C(Cl)(Cl)N2C1O. The van der Waals surface area contributed by atoms with E-state index in [1.54, 1.807) is 24.3 Å². The van der Waals surface area contributed by atoms with Crippen molar-refractivity contribution in [2.24, 2.45) is 4.99 Å². The summed E-state index contributed by atoms with van der Waals surface area (Å²) >= 11 is 12.4. The number of guanidine groups is 1. The minimum atomic E-state index is -1.52. The molecule has 2 aliphatic heterocycles. The van der Waals surface area contributed by atoms with E-state index in [4.69, 9.17) is 23.2 Å². The summed E-state index contributed by atoms with van der Waals surface area (Å²) in [6.45, 7) is 0. The predicted molar refractivity (Wildman–Crippen MR) is 62.9 cm³/mol. The molecular formula is C10H7Cl2N3O2. The van der Waals surface area contributed by atoms with E-state index in [2.05, 4.69) is 10.3 Å². The van der Waals surface area contributed by atoms with Crippen molar-refractivity contribution in [3.8, 4) is 0 Å². The van der Waals surface area contributed by atoms with Crippen LogP contribution in [0.4, 0.5) is 5.69 Å². The number of para-hydroxylation sites is 1. The molecule has 1 amide bonds. The molecule has 1 aromatic rings. The van der Waals surface area contributed by atoms with Crippen molar-refractivity contribution in [1.82, 2.24) is 10.2 Å². The molecule has 17 heavy (non-hydrogen) atoms. The van der Waals surface area contributed by atoms with E-state index < -0.39 is 16.6 Å². The Morgan fingerprint density at radius 2 is 2.12 bits per heavy atom. The van der Waals surface area contributed by atoms with E-state index in [9.17, 15) is 9.90 Å². The zero-order valence-corrected chi connectivity index (χ0v) is 9.90. The van der Waals surface area contributed by atoms with Gasteiger partial charge in [-0.1, -0.05) is 41.4 Å². The van der Waals surface area contributed by atoms with Crippen LogP contribution in [0.5, 0.6) is 0 Å². The molecule has 7 heteroatoms. The topological polar surface area (TPSA) is 64.9 Å². The fraction of sp³-hybridized carbons (Fsp3) is 0.200. The van der Waals surface area contributed by atoms with Crippen LogP contribution in [0.3, 0.4) is 0 Å². The van der Waals surface area contributed by atoms with Crippen LogP contribution in [0, 0.1) is 0 Å². The molecule has 0 radical (unpaired) electrons. The molecule has 3 rings (SSSR count). The van der Waals surface area contributed by atoms with Gasteiger partial charge in [0.2, 0.25) is 16.6 Å². The Morgan fingerprint density at radius 1 is 1.41 bits per heavy atom. The highest BCUT2D eigenvalue weighted by atomic mass is 35.5. The Morgan fingerprint density at radius 3 is 2.88 bits per heavy atom. The van der Waals surface area contributed by atoms with Crippen LogP contribution in [0.1, 0.15) is 5.56 Å². The van der Waals surface area contributed by atoms with Gasteiger partial charge < -0.3 is 5.11 Å². The van der Waals surface area contributed by atoms with Gasteiger partial charge in [-0.3, -0.25) is 15.0 Å². The number of carbonyl (C=O) groups is 1. The lowest BCUT2D eigenvalue weighted by Crippen LogP contribution is -2.47. The van der Waals surface area contributed by atoms with Gasteiger partial charge in [-0.25, -0.2) is 4.99 Å². The third-order valence-corrected chi connectivity index (χ3v) is 3.47. The van der Waals surface area contributed by atoms with Gasteiger partial charge >= 0.3 is 0 Å². The number of alkyl halides is 2. The molecule has 0 spiro atoms. The number of fused-ring (bicyclic) bond motifs is 2. The largest absolute Gasteiger partial charge is 0.365 e. The molecule has 1 aromatic carbocycles. The van der Waals surface area contributed by atoms with Crippen molar-refractivity contribution in [3.63, 3.8) is 0 Å². The molecule has 0 aromatic heterocycles. The van der Waals surface area contributed by atoms with Crippen molar-refractivity contribution in [3.05, 3.63) is 29.8 Å². The number of aliphatic hydroxyl groups excluding tert-OH is 1. The smallest absolute Gasteiger partial charge is 0.276 e. The molecule has 1 saturated heterocycles. The summed E-state index contributed by atoms with van der Waals surface area (Å²) in [5, 5.41) is 12.1. The van der Waals surface area contributed by atoms with Gasteiger partial charge in [0, 0.05) is 5.56 Å². The van der Waals surface area contributed by atoms with Crippen LogP contribution < -0.4 is 5.32 Å². The van der Waals surface area contributed by atoms with Crippen molar-refractivity contribution >= 4 is 40.8 Å². The van der Waals surface area contributed by atoms with E-state index in [1.165, 1.54) is 0 Å². The van der Waals surface area contributed by atoms with E-state index in [0.717, 1.165) is 4.90 Å². The van der Waals surface area contributed by atoms with E-state index in [-0.39, 0.29) is 5.96 Å². The predicted octanol–water partition coefficient (Wildman–Crippen LogP) is 1.03. The van der Waals surface area contributed by atoms with Gasteiger partial charge in [-0.2, -0.15) is 0 Å². The van der Waals surface area contributed by atoms with E-state index >= 15 is 0 Å². The number of rotatable bonds is 0. The summed E-state index contributed by atoms with van der Waals surface area (Å²) in [7, 11) is 0. The number of nitrogens with one attached hydrogen (secondary N) is 1. The maximum atomic E-state index is 11.4. The van der Waals surface area contributed by atoms with Crippen LogP contribution in [-0.2, 0) is 9.25 Å². The quantitative estimate of drug-likeness (QED) is 0.547. The van der Waals surface area contributed by atoms with Gasteiger partial charge in [0.25, 0.3) is 5.91 Å². The lowest BCUT2D eigenvalue weighted by atomic mass is 10.1. The third-order valence-electron chi connectivity index (χ3n) is 2.70. The molecular weight excluding hydrogens is 265 g/mol. The van der Waals surface area contributed by atoms with Crippen molar-refractivity contribution in [2.45, 2.75) is 10.7 Å². The highest BCUT2D eigenvalue weighted by molar-refractivity contribution is 6.49. The average molecular weight is 272 g/mol. The molecule has 1 fully saturated rings. The lowest BCUT2D eigenvalue weighted by Gasteiger charge is -2.36. The van der Waals surface area contributed by atoms with Crippen LogP contribution in [-0.4, -0.2) is 28.1 Å². The Hall–Kier alpha value is -1.30. The highest BCUT2D eigenvalue weighted by Gasteiger charge is 2.51. The number of hydrogen-bond donors (Lipinski definition) is 2. The maximum Gasteiger partial charge on any atom is 0.276 e. The zero-order valence-electron chi connectivity index (χ0n) is 8.39. The summed E-state index contributed by atoms with van der Waals surface area (Å²) in [5.41, 5.74) is 1.10. The molecule has 5 nitrogen and oxygen atoms in total. The van der Waals surface area contributed by atoms with Crippen molar-refractivity contribution in [2.75, 3.05) is 0 Å². The molecule has 2 aliphatic rings. The molecule has 0 saturated carbocycles. The van der Waals surface area contributed by atoms with Gasteiger partial charge in [-0.05, 0) is 6.07 Å². The minimum Gasteiger partial charge on any atom is -0.365 e. The summed E-state index contributed by atoms with van der Waals surface area (Å²) in [6.07, 6.45) is -1.43. The second kappa shape index (κ2) is 3.35. The van der Waals surface area contributed by atoms with Gasteiger partial charge in [-0.15, -0.1) is 0 Å². The molecule has 88 valence electrons. The summed E-state index contributed by atoms with van der Waals surface area (Å²) in [6, 6.07) is 6.98. The van der Waals surface area contributed by atoms with Crippen LogP contribution >= 0.6 is 23.2 Å². The normalized spacial score (nSPS) is 24.9. The van der Waals surface area contributed by atoms with Crippen LogP contribution in [0.2, 0.25) is 0 Å². The second-order valence-electron chi connectivity index (χ2n) is 3.73. The fourth-order valence-electron chi connectivity index (χ4n) is 1.91. The fourth-order valence-corrected chi connectivity index (χ4v) is 2.57. The summed E-state index contributed by atoms with van der Waals surface area (Å²) < 4.78 is -1.52. The number of aliphatic hydroxyl groups is 1. The summed E-state index contributed by atoms with van der Waals surface area (Å²) in [5.74, 6) is -0.437. The molecule has 2 heterocycles. The standard InChI is InChI=1S/C10H7Cl2N3O2/c11-10(12)5-3-1-2-4-6(5)13-9-14-7(16)8(17)15(9)10/h1-4,8,17H,(H,13,14,16). The van der Waals surface area contributed by atoms with Crippen molar-refractivity contribution in [1.29, 1.82) is 0 Å². The number of benzene rings is 1. The van der Waals surface area contributed by atoms with Crippen LogP contribution in [0.15, 0.2) is 29.3 Å². The molecule has 0 bridgehead atoms. The molecule has 0 aliphatic carbocycles. The minimum absolute atomic E-state index is 0.159. The Bertz CT molecular complexity index is 544. The number of amides is 1. The number of aliphatic imine (C=N–C) groups is 1. The molecule has 1 unspecified atom stereocenters.